The number of esters is 1. The van der Waals surface area contributed by atoms with Crippen molar-refractivity contribution >= 4 is 78.6 Å². The Kier molecular flexibility index (Phi) is 7.69. The highest BCUT2D eigenvalue weighted by Gasteiger charge is 2.27. The van der Waals surface area contributed by atoms with Crippen LogP contribution in [0.15, 0.2) is 91.0 Å². The molecule has 1 aliphatic heterocycles. The van der Waals surface area contributed by atoms with Crippen LogP contribution in [0.5, 0.6) is 5.75 Å². The molecular weight excluding hydrogens is 584 g/mol. The van der Waals surface area contributed by atoms with Gasteiger partial charge in [0.15, 0.2) is 0 Å². The lowest BCUT2D eigenvalue weighted by Crippen LogP contribution is -2.41. The van der Waals surface area contributed by atoms with Gasteiger partial charge < -0.3 is 19.7 Å². The summed E-state index contributed by atoms with van der Waals surface area (Å²) < 4.78 is 11.0. The molecule has 5 aromatic carbocycles. The average molecular weight is 615 g/mol. The average Bonchev–Trinajstić information content (AvgIpc) is 3.08. The van der Waals surface area contributed by atoms with Gasteiger partial charge in [0.2, 0.25) is 0 Å². The third-order valence-electron chi connectivity index (χ3n) is 8.27. The highest BCUT2D eigenvalue weighted by Crippen LogP contribution is 2.34. The van der Waals surface area contributed by atoms with Crippen molar-refractivity contribution in [2.24, 2.45) is 5.92 Å². The molecule has 0 unspecified atom stereocenters. The summed E-state index contributed by atoms with van der Waals surface area (Å²) in [6.07, 6.45) is 1.34. The number of nitrogens with zero attached hydrogens (tertiary/aromatic N) is 3. The number of benzene rings is 5. The molecule has 7 rings (SSSR count). The number of ether oxygens (including phenoxy) is 2. The summed E-state index contributed by atoms with van der Waals surface area (Å²) in [6, 6.07) is 28.9. The Hall–Kier alpha value is -5.15. The number of amides is 1. The summed E-state index contributed by atoms with van der Waals surface area (Å²) in [6.45, 7) is 3.45. The van der Waals surface area contributed by atoms with E-state index in [9.17, 15) is 9.59 Å². The summed E-state index contributed by atoms with van der Waals surface area (Å²) in [5.74, 6) is 0.0349. The molecule has 2 heterocycles. The molecule has 6 aromatic rings. The Morgan fingerprint density at radius 1 is 0.822 bits per heavy atom. The molecule has 1 fully saturated rings. The molecule has 9 heteroatoms. The number of fused-ring (bicyclic) bond motifs is 7. The van der Waals surface area contributed by atoms with Crippen molar-refractivity contribution < 1.29 is 19.1 Å². The van der Waals surface area contributed by atoms with Gasteiger partial charge in [-0.2, -0.15) is 0 Å². The van der Waals surface area contributed by atoms with Gasteiger partial charge in [0, 0.05) is 35.1 Å². The lowest BCUT2D eigenvalue weighted by molar-refractivity contribution is -0.149. The largest absolute Gasteiger partial charge is 0.466 e. The Bertz CT molecular complexity index is 2110. The first-order chi connectivity index (χ1) is 22.0. The molecule has 0 aliphatic carbocycles. The summed E-state index contributed by atoms with van der Waals surface area (Å²) >= 11 is 5.50. The van der Waals surface area contributed by atoms with Crippen molar-refractivity contribution in [2.75, 3.05) is 25.0 Å². The van der Waals surface area contributed by atoms with E-state index in [4.69, 9.17) is 31.7 Å². The second-order valence-electron chi connectivity index (χ2n) is 11.1. The van der Waals surface area contributed by atoms with Gasteiger partial charge in [0.05, 0.1) is 34.6 Å². The van der Waals surface area contributed by atoms with Crippen LogP contribution in [0.3, 0.4) is 0 Å². The zero-order chi connectivity index (χ0) is 30.9. The first kappa shape index (κ1) is 28.6. The fraction of sp³-hybridized carbons (Fsp3) is 0.194. The normalized spacial score (nSPS) is 13.8. The van der Waals surface area contributed by atoms with Crippen LogP contribution in [0.25, 0.3) is 43.6 Å². The van der Waals surface area contributed by atoms with Crippen LogP contribution < -0.4 is 10.1 Å². The molecule has 1 N–H and O–H groups in total. The van der Waals surface area contributed by atoms with E-state index in [1.165, 1.54) is 0 Å². The quantitative estimate of drug-likeness (QED) is 0.0937. The minimum atomic E-state index is -0.255. The Morgan fingerprint density at radius 2 is 1.42 bits per heavy atom. The monoisotopic (exact) mass is 614 g/mol. The molecule has 1 aliphatic rings. The Balaban J connectivity index is 1.06. The van der Waals surface area contributed by atoms with Gasteiger partial charge in [0.25, 0.3) is 11.1 Å². The number of carbonyl (C=O) groups excluding carboxylic acids is 2. The van der Waals surface area contributed by atoms with Crippen LogP contribution in [-0.2, 0) is 9.53 Å². The number of hydrogen-bond acceptors (Lipinski definition) is 7. The SMILES string of the molecule is CCOC(=O)C1CCN(C(=S)Oc2ccc(C(=O)Nc3ccc4nc5c6ccccc6c6ccccc6c5nc4c3)cc2)CC1. The number of rotatable bonds is 5. The van der Waals surface area contributed by atoms with Gasteiger partial charge in [-0.3, -0.25) is 9.59 Å². The molecule has 224 valence electrons. The number of carbonyl (C=O) groups is 2. The number of anilines is 1. The van der Waals surface area contributed by atoms with Gasteiger partial charge in [-0.15, -0.1) is 0 Å². The fourth-order valence-electron chi connectivity index (χ4n) is 5.96. The molecule has 1 amide bonds. The molecular formula is C36H30N4O4S. The van der Waals surface area contributed by atoms with Crippen molar-refractivity contribution in [3.05, 3.63) is 96.6 Å². The predicted molar refractivity (Wildman–Crippen MR) is 181 cm³/mol. The Morgan fingerprint density at radius 3 is 2.04 bits per heavy atom. The molecule has 1 saturated heterocycles. The van der Waals surface area contributed by atoms with E-state index in [0.29, 0.717) is 60.2 Å². The first-order valence-electron chi connectivity index (χ1n) is 15.0. The maximum absolute atomic E-state index is 13.1. The minimum absolute atomic E-state index is 0.101. The Labute approximate surface area is 265 Å². The van der Waals surface area contributed by atoms with E-state index in [2.05, 4.69) is 29.6 Å². The van der Waals surface area contributed by atoms with Crippen molar-refractivity contribution in [3.8, 4) is 5.75 Å². The number of likely N-dealkylation sites (tertiary alicyclic amines) is 1. The summed E-state index contributed by atoms with van der Waals surface area (Å²) in [4.78, 5) is 37.1. The van der Waals surface area contributed by atoms with Gasteiger partial charge >= 0.3 is 5.97 Å². The van der Waals surface area contributed by atoms with Crippen LogP contribution in [0.1, 0.15) is 30.1 Å². The van der Waals surface area contributed by atoms with E-state index in [1.807, 2.05) is 54.3 Å². The second-order valence-corrected chi connectivity index (χ2v) is 11.4. The molecule has 8 nitrogen and oxygen atoms in total. The number of thiocarbonyl (C=S) groups is 1. The van der Waals surface area contributed by atoms with E-state index in [-0.39, 0.29) is 17.8 Å². The van der Waals surface area contributed by atoms with Crippen molar-refractivity contribution in [2.45, 2.75) is 19.8 Å². The van der Waals surface area contributed by atoms with E-state index in [1.54, 1.807) is 24.3 Å². The van der Waals surface area contributed by atoms with Crippen LogP contribution >= 0.6 is 12.2 Å². The third kappa shape index (κ3) is 5.62. The molecule has 0 bridgehead atoms. The summed E-state index contributed by atoms with van der Waals surface area (Å²) in [7, 11) is 0. The van der Waals surface area contributed by atoms with Gasteiger partial charge in [-0.25, -0.2) is 9.97 Å². The number of nitrogens with one attached hydrogen (secondary N) is 1. The number of aromatic nitrogens is 2. The molecule has 0 atom stereocenters. The molecule has 0 radical (unpaired) electrons. The molecule has 1 aromatic heterocycles. The van der Waals surface area contributed by atoms with E-state index in [0.717, 1.165) is 38.1 Å². The zero-order valence-corrected chi connectivity index (χ0v) is 25.5. The first-order valence-corrected chi connectivity index (χ1v) is 15.4. The third-order valence-corrected chi connectivity index (χ3v) is 8.61. The van der Waals surface area contributed by atoms with Crippen LogP contribution in [0.2, 0.25) is 0 Å². The lowest BCUT2D eigenvalue weighted by Gasteiger charge is -2.31. The number of piperidine rings is 1. The van der Waals surface area contributed by atoms with Crippen molar-refractivity contribution in [1.29, 1.82) is 0 Å². The van der Waals surface area contributed by atoms with Crippen LogP contribution in [-0.4, -0.2) is 51.6 Å². The van der Waals surface area contributed by atoms with Gasteiger partial charge in [-0.05, 0) is 85.2 Å². The van der Waals surface area contributed by atoms with Crippen molar-refractivity contribution in [3.63, 3.8) is 0 Å². The maximum atomic E-state index is 13.1. The van der Waals surface area contributed by atoms with E-state index >= 15 is 0 Å². The second kappa shape index (κ2) is 12.1. The summed E-state index contributed by atoms with van der Waals surface area (Å²) in [5.41, 5.74) is 4.24. The van der Waals surface area contributed by atoms with Gasteiger partial charge in [0.1, 0.15) is 5.75 Å². The summed E-state index contributed by atoms with van der Waals surface area (Å²) in [5, 5.41) is 7.70. The molecule has 45 heavy (non-hydrogen) atoms. The topological polar surface area (TPSA) is 93.6 Å². The maximum Gasteiger partial charge on any atom is 0.309 e. The molecule has 0 spiro atoms. The minimum Gasteiger partial charge on any atom is -0.466 e. The zero-order valence-electron chi connectivity index (χ0n) is 24.7. The fourth-order valence-corrected chi connectivity index (χ4v) is 6.24. The van der Waals surface area contributed by atoms with Gasteiger partial charge in [-0.1, -0.05) is 48.5 Å². The van der Waals surface area contributed by atoms with Crippen LogP contribution in [0.4, 0.5) is 5.69 Å². The highest BCUT2D eigenvalue weighted by molar-refractivity contribution is 7.80. The lowest BCUT2D eigenvalue weighted by atomic mass is 9.97. The standard InChI is InChI=1S/C36H30N4O4S/c1-2-43-35(42)23-17-19-40(20-18-23)36(45)44-25-14-11-22(12-15-25)34(41)37-24-13-16-30-31(21-24)39-33-29-10-6-4-8-27(29)26-7-3-5-9-28(26)32(33)38-30/h3-16,21,23H,2,17-20H2,1H3,(H,37,41). The number of hydrogen-bond donors (Lipinski definition) is 1. The van der Waals surface area contributed by atoms with E-state index < -0.39 is 0 Å². The predicted octanol–water partition coefficient (Wildman–Crippen LogP) is 7.28. The highest BCUT2D eigenvalue weighted by atomic mass is 32.1. The smallest absolute Gasteiger partial charge is 0.309 e. The van der Waals surface area contributed by atoms with Crippen molar-refractivity contribution in [1.82, 2.24) is 14.9 Å². The van der Waals surface area contributed by atoms with Crippen LogP contribution in [0, 0.1) is 5.92 Å². The molecule has 0 saturated carbocycles.